The maximum Gasteiger partial charge on any atom is 0.144 e. The molecule has 2 rings (SSSR count). The summed E-state index contributed by atoms with van der Waals surface area (Å²) in [6.45, 7) is 4.22. The third-order valence-electron chi connectivity index (χ3n) is 1.99. The quantitative estimate of drug-likeness (QED) is 0.438. The van der Waals surface area contributed by atoms with E-state index < -0.39 is 0 Å². The summed E-state index contributed by atoms with van der Waals surface area (Å²) in [6.07, 6.45) is 0.591. The third-order valence-corrected chi connectivity index (χ3v) is 2.34. The Morgan fingerprint density at radius 1 is 1.55 bits per heavy atom. The van der Waals surface area contributed by atoms with Gasteiger partial charge >= 0.3 is 0 Å². The Balaban J connectivity index is 2.03. The first kappa shape index (κ1) is 7.46. The molecule has 2 N–H and O–H groups in total. The molecule has 0 aromatic heterocycles. The van der Waals surface area contributed by atoms with Gasteiger partial charge in [-0.2, -0.15) is 0 Å². The minimum absolute atomic E-state index is 0.0984. The number of hydrogen-bond donors (Lipinski definition) is 2. The first-order valence-corrected chi connectivity index (χ1v) is 4.31. The van der Waals surface area contributed by atoms with Gasteiger partial charge in [0, 0.05) is 0 Å². The maximum atomic E-state index is 5.62. The molecule has 0 bridgehead atoms. The molecule has 62 valence electrons. The summed E-state index contributed by atoms with van der Waals surface area (Å²) in [6, 6.07) is 0. The lowest BCUT2D eigenvalue weighted by Crippen LogP contribution is -2.45. The number of rotatable bonds is 1. The van der Waals surface area contributed by atoms with E-state index in [0.717, 1.165) is 4.99 Å². The zero-order valence-electron chi connectivity index (χ0n) is 6.63. The number of nitrogens with one attached hydrogen (secondary N) is 2. The number of ether oxygens (including phenoxy) is 1. The molecule has 0 spiro atoms. The fourth-order valence-corrected chi connectivity index (χ4v) is 1.73. The van der Waals surface area contributed by atoms with Gasteiger partial charge in [0.2, 0.25) is 0 Å². The van der Waals surface area contributed by atoms with E-state index in [1.54, 1.807) is 0 Å². The Bertz CT molecular complexity index is 195. The summed E-state index contributed by atoms with van der Waals surface area (Å²) in [5, 5.41) is 6.31. The van der Waals surface area contributed by atoms with E-state index in [2.05, 4.69) is 24.5 Å². The van der Waals surface area contributed by atoms with Gasteiger partial charge in [-0.25, -0.2) is 0 Å². The molecular formula is C7H12N2OS. The summed E-state index contributed by atoms with van der Waals surface area (Å²) in [5.41, 5.74) is 0. The number of thiocarbonyl (C=S) groups is 1. The predicted molar refractivity (Wildman–Crippen MR) is 46.2 cm³/mol. The third kappa shape index (κ3) is 1.26. The second-order valence-corrected chi connectivity index (χ2v) is 3.81. The highest BCUT2D eigenvalue weighted by molar-refractivity contribution is 7.80. The van der Waals surface area contributed by atoms with Crippen molar-refractivity contribution in [3.63, 3.8) is 0 Å². The Labute approximate surface area is 71.5 Å². The van der Waals surface area contributed by atoms with Crippen molar-refractivity contribution in [3.8, 4) is 0 Å². The van der Waals surface area contributed by atoms with Gasteiger partial charge in [0.15, 0.2) is 0 Å². The van der Waals surface area contributed by atoms with Gasteiger partial charge in [0.1, 0.15) is 23.5 Å². The monoisotopic (exact) mass is 172 g/mol. The molecule has 3 unspecified atom stereocenters. The lowest BCUT2D eigenvalue weighted by molar-refractivity contribution is 0.0372. The second kappa shape index (κ2) is 2.40. The van der Waals surface area contributed by atoms with E-state index in [9.17, 15) is 0 Å². The largest absolute Gasteiger partial charge is 0.359 e. The van der Waals surface area contributed by atoms with Crippen molar-refractivity contribution in [2.45, 2.75) is 32.3 Å². The van der Waals surface area contributed by atoms with Crippen molar-refractivity contribution < 1.29 is 4.74 Å². The minimum Gasteiger partial charge on any atom is -0.359 e. The van der Waals surface area contributed by atoms with Crippen LogP contribution in [0, 0.1) is 5.92 Å². The van der Waals surface area contributed by atoms with E-state index in [1.807, 2.05) is 0 Å². The summed E-state index contributed by atoms with van der Waals surface area (Å²) in [7, 11) is 0. The van der Waals surface area contributed by atoms with Crippen LogP contribution in [0.15, 0.2) is 0 Å². The first-order valence-electron chi connectivity index (χ1n) is 3.90. The van der Waals surface area contributed by atoms with Crippen molar-refractivity contribution in [1.29, 1.82) is 0 Å². The molecule has 3 atom stereocenters. The smallest absolute Gasteiger partial charge is 0.144 e. The molecule has 0 aromatic rings. The van der Waals surface area contributed by atoms with Crippen LogP contribution in [-0.4, -0.2) is 23.5 Å². The van der Waals surface area contributed by atoms with Crippen LogP contribution in [0.4, 0.5) is 0 Å². The molecule has 0 aliphatic carbocycles. The molecule has 0 saturated carbocycles. The highest BCUT2D eigenvalue weighted by Gasteiger charge is 2.45. The molecule has 2 aliphatic rings. The average Bonchev–Trinajstić information content (AvgIpc) is 2.63. The molecule has 2 heterocycles. The maximum absolute atomic E-state index is 5.62. The summed E-state index contributed by atoms with van der Waals surface area (Å²) in [4.78, 5) is 0.839. The fourth-order valence-electron chi connectivity index (χ4n) is 1.27. The molecule has 0 amide bonds. The highest BCUT2D eigenvalue weighted by atomic mass is 32.1. The second-order valence-electron chi connectivity index (χ2n) is 3.37. The van der Waals surface area contributed by atoms with Crippen LogP contribution in [0.3, 0.4) is 0 Å². The fraction of sp³-hybridized carbons (Fsp3) is 0.857. The Morgan fingerprint density at radius 2 is 2.27 bits per heavy atom. The van der Waals surface area contributed by atoms with Crippen LogP contribution in [-0.2, 0) is 4.74 Å². The van der Waals surface area contributed by atoms with Gasteiger partial charge < -0.3 is 10.1 Å². The van der Waals surface area contributed by atoms with Crippen molar-refractivity contribution in [1.82, 2.24) is 10.6 Å². The number of morpholine rings is 1. The van der Waals surface area contributed by atoms with Gasteiger partial charge in [0.25, 0.3) is 0 Å². The van der Waals surface area contributed by atoms with Gasteiger partial charge in [0.05, 0.1) is 0 Å². The molecule has 2 fully saturated rings. The molecule has 3 nitrogen and oxygen atoms in total. The number of hydrogen-bond acceptors (Lipinski definition) is 3. The van der Waals surface area contributed by atoms with Gasteiger partial charge in [-0.15, -0.1) is 0 Å². The van der Waals surface area contributed by atoms with Crippen LogP contribution in [0.25, 0.3) is 0 Å². The van der Waals surface area contributed by atoms with E-state index in [0.29, 0.717) is 5.92 Å². The summed E-state index contributed by atoms with van der Waals surface area (Å²) >= 11 is 5.13. The molecule has 2 saturated heterocycles. The Morgan fingerprint density at radius 3 is 2.91 bits per heavy atom. The van der Waals surface area contributed by atoms with E-state index in [4.69, 9.17) is 17.0 Å². The van der Waals surface area contributed by atoms with Crippen LogP contribution in [0.2, 0.25) is 0 Å². The summed E-state index contributed by atoms with van der Waals surface area (Å²) in [5.74, 6) is 0.457. The minimum atomic E-state index is 0.0984. The zero-order valence-corrected chi connectivity index (χ0v) is 7.44. The topological polar surface area (TPSA) is 43.2 Å². The lowest BCUT2D eigenvalue weighted by Gasteiger charge is -2.25. The van der Waals surface area contributed by atoms with Crippen LogP contribution in [0.5, 0.6) is 0 Å². The van der Waals surface area contributed by atoms with Crippen molar-refractivity contribution in [3.05, 3.63) is 0 Å². The van der Waals surface area contributed by atoms with E-state index in [-0.39, 0.29) is 18.5 Å². The summed E-state index contributed by atoms with van der Waals surface area (Å²) < 4.78 is 5.62. The normalized spacial score (nSPS) is 41.7. The van der Waals surface area contributed by atoms with Crippen molar-refractivity contribution >= 4 is 17.2 Å². The average molecular weight is 172 g/mol. The molecule has 2 aliphatic heterocycles. The molecule has 11 heavy (non-hydrogen) atoms. The SMILES string of the molecule is CC(C)C1OC2NC2NC1=S. The van der Waals surface area contributed by atoms with Gasteiger partial charge in [-0.1, -0.05) is 26.1 Å². The molecule has 4 heteroatoms. The first-order chi connectivity index (χ1) is 5.18. The van der Waals surface area contributed by atoms with E-state index in [1.165, 1.54) is 0 Å². The number of fused-ring (bicyclic) bond motifs is 1. The molecule has 0 aromatic carbocycles. The zero-order chi connectivity index (χ0) is 8.01. The van der Waals surface area contributed by atoms with Gasteiger partial charge in [-0.3, -0.25) is 5.32 Å². The van der Waals surface area contributed by atoms with E-state index >= 15 is 0 Å². The Hall–Kier alpha value is -0.190. The van der Waals surface area contributed by atoms with Crippen LogP contribution >= 0.6 is 12.2 Å². The van der Waals surface area contributed by atoms with Crippen molar-refractivity contribution in [2.24, 2.45) is 5.92 Å². The van der Waals surface area contributed by atoms with Crippen LogP contribution in [0.1, 0.15) is 13.8 Å². The van der Waals surface area contributed by atoms with Crippen LogP contribution < -0.4 is 10.6 Å². The predicted octanol–water partition coefficient (Wildman–Crippen LogP) is 0.214. The molecular weight excluding hydrogens is 160 g/mol. The molecule has 0 radical (unpaired) electrons. The standard InChI is InChI=1S/C7H12N2OS/c1-3(2)4-7(11)9-5-6(8-5)10-4/h3-6,8H,1-2H3,(H,9,11). The highest BCUT2D eigenvalue weighted by Crippen LogP contribution is 2.22. The van der Waals surface area contributed by atoms with Gasteiger partial charge in [-0.05, 0) is 5.92 Å². The lowest BCUT2D eigenvalue weighted by atomic mass is 10.1. The van der Waals surface area contributed by atoms with Crippen molar-refractivity contribution in [2.75, 3.05) is 0 Å². The Kier molecular flexibility index (Phi) is 1.63.